The van der Waals surface area contributed by atoms with Crippen LogP contribution < -0.4 is 4.72 Å². The molecule has 0 aromatic heterocycles. The van der Waals surface area contributed by atoms with E-state index in [0.29, 0.717) is 0 Å². The van der Waals surface area contributed by atoms with E-state index in [1.165, 1.54) is 18.2 Å². The first kappa shape index (κ1) is 20.7. The van der Waals surface area contributed by atoms with Crippen molar-refractivity contribution in [3.63, 3.8) is 0 Å². The lowest BCUT2D eigenvalue weighted by atomic mass is 10.1. The van der Waals surface area contributed by atoms with Crippen molar-refractivity contribution in [2.45, 2.75) is 9.79 Å². The minimum Gasteiger partial charge on any atom is -0.379 e. The van der Waals surface area contributed by atoms with Crippen LogP contribution in [0.4, 0.5) is 10.1 Å². The zero-order chi connectivity index (χ0) is 21.4. The van der Waals surface area contributed by atoms with Crippen molar-refractivity contribution in [1.29, 1.82) is 0 Å². The predicted octanol–water partition coefficient (Wildman–Crippen LogP) is 2.80. The van der Waals surface area contributed by atoms with Gasteiger partial charge in [0.1, 0.15) is 10.7 Å². The number of anilines is 1. The molecular formula is C20H19FN2O5S2. The van der Waals surface area contributed by atoms with Crippen molar-refractivity contribution in [2.75, 3.05) is 31.0 Å². The largest absolute Gasteiger partial charge is 0.379 e. The summed E-state index contributed by atoms with van der Waals surface area (Å²) in [6.45, 7) is 0.647. The maximum absolute atomic E-state index is 14.3. The monoisotopic (exact) mass is 450 g/mol. The van der Waals surface area contributed by atoms with Gasteiger partial charge in [0.05, 0.1) is 23.8 Å². The molecule has 0 spiro atoms. The Morgan fingerprint density at radius 3 is 2.30 bits per heavy atom. The molecule has 0 aliphatic carbocycles. The molecule has 3 aromatic carbocycles. The molecule has 1 heterocycles. The van der Waals surface area contributed by atoms with Gasteiger partial charge in [-0.05, 0) is 41.1 Å². The fourth-order valence-electron chi connectivity index (χ4n) is 3.24. The highest BCUT2D eigenvalue weighted by atomic mass is 32.2. The Hall–Kier alpha value is -2.53. The van der Waals surface area contributed by atoms with Crippen LogP contribution in [0.2, 0.25) is 0 Å². The van der Waals surface area contributed by atoms with Gasteiger partial charge in [-0.1, -0.05) is 30.3 Å². The summed E-state index contributed by atoms with van der Waals surface area (Å²) in [5.41, 5.74) is -0.0450. The number of nitrogens with zero attached hydrogens (tertiary/aromatic N) is 1. The van der Waals surface area contributed by atoms with E-state index >= 15 is 0 Å². The number of morpholine rings is 1. The molecule has 3 aromatic rings. The van der Waals surface area contributed by atoms with Gasteiger partial charge in [-0.25, -0.2) is 21.2 Å². The average molecular weight is 451 g/mol. The summed E-state index contributed by atoms with van der Waals surface area (Å²) in [4.78, 5) is -0.564. The highest BCUT2D eigenvalue weighted by Gasteiger charge is 2.29. The molecule has 1 N–H and O–H groups in total. The van der Waals surface area contributed by atoms with E-state index in [0.717, 1.165) is 27.2 Å². The molecule has 0 amide bonds. The van der Waals surface area contributed by atoms with Crippen LogP contribution in [-0.4, -0.2) is 47.4 Å². The van der Waals surface area contributed by atoms with Crippen LogP contribution >= 0.6 is 0 Å². The van der Waals surface area contributed by atoms with Gasteiger partial charge >= 0.3 is 0 Å². The molecule has 1 fully saturated rings. The number of sulfonamides is 2. The van der Waals surface area contributed by atoms with E-state index in [2.05, 4.69) is 4.72 Å². The minimum absolute atomic E-state index is 0.0168. The van der Waals surface area contributed by atoms with Crippen LogP contribution in [0.5, 0.6) is 0 Å². The zero-order valence-electron chi connectivity index (χ0n) is 15.8. The molecule has 0 saturated carbocycles. The lowest BCUT2D eigenvalue weighted by Crippen LogP contribution is -2.40. The molecule has 0 atom stereocenters. The number of halogens is 1. The molecule has 158 valence electrons. The Morgan fingerprint density at radius 2 is 1.57 bits per heavy atom. The number of ether oxygens (including phenoxy) is 1. The van der Waals surface area contributed by atoms with E-state index in [1.807, 2.05) is 12.1 Å². The van der Waals surface area contributed by atoms with Crippen LogP contribution in [0, 0.1) is 5.82 Å². The Morgan fingerprint density at radius 1 is 0.867 bits per heavy atom. The summed E-state index contributed by atoms with van der Waals surface area (Å²) in [5, 5.41) is 1.63. The van der Waals surface area contributed by atoms with Crippen LogP contribution in [-0.2, 0) is 24.8 Å². The number of benzene rings is 3. The van der Waals surface area contributed by atoms with Gasteiger partial charge in [-0.2, -0.15) is 4.31 Å². The maximum Gasteiger partial charge on any atom is 0.261 e. The summed E-state index contributed by atoms with van der Waals surface area (Å²) < 4.78 is 74.2. The highest BCUT2D eigenvalue weighted by molar-refractivity contribution is 7.92. The fraction of sp³-hybridized carbons (Fsp3) is 0.200. The molecule has 0 radical (unpaired) electrons. The van der Waals surface area contributed by atoms with Gasteiger partial charge in [-0.15, -0.1) is 0 Å². The van der Waals surface area contributed by atoms with Crippen LogP contribution in [0.1, 0.15) is 0 Å². The van der Waals surface area contributed by atoms with Gasteiger partial charge in [0, 0.05) is 13.1 Å². The van der Waals surface area contributed by atoms with Crippen molar-refractivity contribution in [1.82, 2.24) is 4.31 Å². The topological polar surface area (TPSA) is 92.8 Å². The lowest BCUT2D eigenvalue weighted by molar-refractivity contribution is 0.0729. The maximum atomic E-state index is 14.3. The van der Waals surface area contributed by atoms with Crippen molar-refractivity contribution in [3.05, 3.63) is 66.5 Å². The second-order valence-corrected chi connectivity index (χ2v) is 10.4. The van der Waals surface area contributed by atoms with Crippen molar-refractivity contribution in [2.24, 2.45) is 0 Å². The normalized spacial score (nSPS) is 15.9. The zero-order valence-corrected chi connectivity index (χ0v) is 17.4. The molecule has 4 rings (SSSR count). The van der Waals surface area contributed by atoms with Gasteiger partial charge in [0.25, 0.3) is 10.0 Å². The van der Waals surface area contributed by atoms with Crippen molar-refractivity contribution >= 4 is 36.5 Å². The third kappa shape index (κ3) is 4.04. The highest BCUT2D eigenvalue weighted by Crippen LogP contribution is 2.26. The Labute approximate surface area is 174 Å². The number of hydrogen-bond acceptors (Lipinski definition) is 5. The summed E-state index contributed by atoms with van der Waals surface area (Å²) in [5.74, 6) is -0.949. The summed E-state index contributed by atoms with van der Waals surface area (Å²) >= 11 is 0. The minimum atomic E-state index is -4.12. The molecular weight excluding hydrogens is 431 g/mol. The van der Waals surface area contributed by atoms with Crippen LogP contribution in [0.15, 0.2) is 70.5 Å². The Kier molecular flexibility index (Phi) is 5.49. The summed E-state index contributed by atoms with van der Waals surface area (Å²) in [7, 11) is -8.13. The van der Waals surface area contributed by atoms with Crippen molar-refractivity contribution < 1.29 is 26.0 Å². The Balaban J connectivity index is 1.66. The second kappa shape index (κ2) is 7.95. The molecule has 30 heavy (non-hydrogen) atoms. The van der Waals surface area contributed by atoms with Gasteiger partial charge in [0.2, 0.25) is 10.0 Å². The molecule has 0 bridgehead atoms. The standard InChI is InChI=1S/C20H19FN2O5S2/c21-19-8-6-17(14-20(19)30(26,27)23-9-11-28-12-10-23)22-29(24,25)18-7-5-15-3-1-2-4-16(15)13-18/h1-8,13-14,22H,9-12H2. The predicted molar refractivity (Wildman–Crippen MR) is 111 cm³/mol. The average Bonchev–Trinajstić information content (AvgIpc) is 2.75. The second-order valence-electron chi connectivity index (χ2n) is 6.78. The molecule has 7 nitrogen and oxygen atoms in total. The molecule has 1 aliphatic heterocycles. The smallest absolute Gasteiger partial charge is 0.261 e. The van der Waals surface area contributed by atoms with Crippen LogP contribution in [0.3, 0.4) is 0 Å². The number of rotatable bonds is 5. The van der Waals surface area contributed by atoms with Gasteiger partial charge in [0.15, 0.2) is 0 Å². The summed E-state index contributed by atoms with van der Waals surface area (Å²) in [6.07, 6.45) is 0. The fourth-order valence-corrected chi connectivity index (χ4v) is 5.82. The first-order valence-electron chi connectivity index (χ1n) is 9.16. The number of fused-ring (bicyclic) bond motifs is 1. The van der Waals surface area contributed by atoms with E-state index in [1.54, 1.807) is 18.2 Å². The van der Waals surface area contributed by atoms with Crippen molar-refractivity contribution in [3.8, 4) is 0 Å². The van der Waals surface area contributed by atoms with E-state index in [9.17, 15) is 21.2 Å². The molecule has 10 heteroatoms. The van der Waals surface area contributed by atoms with E-state index < -0.39 is 30.8 Å². The van der Waals surface area contributed by atoms with E-state index in [-0.39, 0.29) is 36.9 Å². The molecule has 0 unspecified atom stereocenters. The first-order chi connectivity index (χ1) is 14.3. The quantitative estimate of drug-likeness (QED) is 0.645. The Bertz CT molecular complexity index is 1300. The third-order valence-corrected chi connectivity index (χ3v) is 8.10. The first-order valence-corrected chi connectivity index (χ1v) is 12.1. The van der Waals surface area contributed by atoms with Gasteiger partial charge in [-0.3, -0.25) is 4.72 Å². The SMILES string of the molecule is O=S(=O)(Nc1ccc(F)c(S(=O)(=O)N2CCOCC2)c1)c1ccc2ccccc2c1. The van der Waals surface area contributed by atoms with E-state index in [4.69, 9.17) is 4.74 Å². The van der Waals surface area contributed by atoms with Gasteiger partial charge < -0.3 is 4.74 Å². The van der Waals surface area contributed by atoms with Crippen LogP contribution in [0.25, 0.3) is 10.8 Å². The third-order valence-electron chi connectivity index (χ3n) is 4.80. The lowest BCUT2D eigenvalue weighted by Gasteiger charge is -2.26. The summed E-state index contributed by atoms with van der Waals surface area (Å²) in [6, 6.07) is 15.1. The molecule has 1 saturated heterocycles. The number of hydrogen-bond donors (Lipinski definition) is 1. The number of nitrogens with one attached hydrogen (secondary N) is 1. The molecule has 1 aliphatic rings.